The molecular formula is C18H21N5OS. The molecule has 2 aromatic heterocycles. The Morgan fingerprint density at radius 1 is 1.12 bits per heavy atom. The molecule has 0 unspecified atom stereocenters. The van der Waals surface area contributed by atoms with Crippen LogP contribution in [-0.4, -0.2) is 19.9 Å². The van der Waals surface area contributed by atoms with Crippen molar-refractivity contribution in [2.24, 2.45) is 0 Å². The van der Waals surface area contributed by atoms with Crippen molar-refractivity contribution in [3.63, 3.8) is 0 Å². The quantitative estimate of drug-likeness (QED) is 0.517. The smallest absolute Gasteiger partial charge is 0.210 e. The minimum atomic E-state index is 0.272. The van der Waals surface area contributed by atoms with Gasteiger partial charge in [-0.05, 0) is 35.7 Å². The first kappa shape index (κ1) is 17.3. The Balaban J connectivity index is 1.57. The summed E-state index contributed by atoms with van der Waals surface area (Å²) in [5.41, 5.74) is 2.25. The molecule has 6 nitrogen and oxygen atoms in total. The number of thioether (sulfide) groups is 1. The largest absolute Gasteiger partial charge is 0.486 e. The Labute approximate surface area is 151 Å². The molecule has 0 amide bonds. The van der Waals surface area contributed by atoms with Crippen LogP contribution in [0.15, 0.2) is 53.8 Å². The van der Waals surface area contributed by atoms with Crippen LogP contribution in [0.4, 0.5) is 0 Å². The first-order valence-corrected chi connectivity index (χ1v) is 9.07. The first-order chi connectivity index (χ1) is 12.1. The molecule has 0 aliphatic rings. The van der Waals surface area contributed by atoms with E-state index in [-0.39, 0.29) is 6.61 Å². The van der Waals surface area contributed by atoms with Gasteiger partial charge < -0.3 is 10.6 Å². The minimum Gasteiger partial charge on any atom is -0.486 e. The molecular weight excluding hydrogens is 334 g/mol. The lowest BCUT2D eigenvalue weighted by Crippen LogP contribution is -2.15. The fourth-order valence-corrected chi connectivity index (χ4v) is 3.01. The van der Waals surface area contributed by atoms with Gasteiger partial charge in [0.15, 0.2) is 5.82 Å². The van der Waals surface area contributed by atoms with E-state index >= 15 is 0 Å². The van der Waals surface area contributed by atoms with Crippen LogP contribution in [-0.2, 0) is 12.4 Å². The average molecular weight is 355 g/mol. The lowest BCUT2D eigenvalue weighted by molar-refractivity contribution is 0.291. The van der Waals surface area contributed by atoms with Gasteiger partial charge in [0.2, 0.25) is 5.16 Å². The van der Waals surface area contributed by atoms with Crippen LogP contribution in [0.1, 0.15) is 36.8 Å². The highest BCUT2D eigenvalue weighted by molar-refractivity contribution is 7.98. The standard InChI is InChI=1S/C18H21N5OS/c1-13(2)14-6-8-16(9-7-14)24-11-17-21-22-18(23(17)19)25-12-15-5-3-4-10-20-15/h3-10,13H,11-12,19H2,1-2H3. The summed E-state index contributed by atoms with van der Waals surface area (Å²) in [7, 11) is 0. The predicted octanol–water partition coefficient (Wildman–Crippen LogP) is 3.38. The zero-order valence-electron chi connectivity index (χ0n) is 14.3. The average Bonchev–Trinajstić information content (AvgIpc) is 2.99. The number of benzene rings is 1. The second kappa shape index (κ2) is 8.02. The maximum Gasteiger partial charge on any atom is 0.210 e. The molecule has 0 radical (unpaired) electrons. The molecule has 0 spiro atoms. The molecule has 3 aromatic rings. The van der Waals surface area contributed by atoms with Gasteiger partial charge in [-0.1, -0.05) is 43.8 Å². The number of rotatable bonds is 7. The van der Waals surface area contributed by atoms with Crippen molar-refractivity contribution >= 4 is 11.8 Å². The lowest BCUT2D eigenvalue weighted by Gasteiger charge is -2.09. The van der Waals surface area contributed by atoms with Crippen molar-refractivity contribution in [2.45, 2.75) is 37.3 Å². The molecule has 0 aliphatic heterocycles. The number of nitrogens with zero attached hydrogens (tertiary/aromatic N) is 4. The van der Waals surface area contributed by atoms with Gasteiger partial charge in [0.05, 0.1) is 5.69 Å². The fraction of sp³-hybridized carbons (Fsp3) is 0.278. The molecule has 25 heavy (non-hydrogen) atoms. The zero-order chi connectivity index (χ0) is 17.6. The van der Waals surface area contributed by atoms with Crippen molar-refractivity contribution in [2.75, 3.05) is 5.84 Å². The second-order valence-electron chi connectivity index (χ2n) is 5.89. The fourth-order valence-electron chi connectivity index (χ4n) is 2.22. The SMILES string of the molecule is CC(C)c1ccc(OCc2nnc(SCc3ccccn3)n2N)cc1. The Kier molecular flexibility index (Phi) is 5.55. The van der Waals surface area contributed by atoms with Gasteiger partial charge in [0.1, 0.15) is 12.4 Å². The van der Waals surface area contributed by atoms with Crippen molar-refractivity contribution < 1.29 is 4.74 Å². The van der Waals surface area contributed by atoms with E-state index in [1.54, 1.807) is 6.20 Å². The van der Waals surface area contributed by atoms with Gasteiger partial charge in [-0.2, -0.15) is 0 Å². The molecule has 0 saturated carbocycles. The molecule has 0 atom stereocenters. The molecule has 1 aromatic carbocycles. The Bertz CT molecular complexity index is 802. The van der Waals surface area contributed by atoms with E-state index in [0.717, 1.165) is 11.4 Å². The van der Waals surface area contributed by atoms with E-state index in [0.29, 0.717) is 22.7 Å². The van der Waals surface area contributed by atoms with Crippen LogP contribution in [0.25, 0.3) is 0 Å². The third-order valence-electron chi connectivity index (χ3n) is 3.73. The van der Waals surface area contributed by atoms with Gasteiger partial charge in [0, 0.05) is 11.9 Å². The summed E-state index contributed by atoms with van der Waals surface area (Å²) >= 11 is 1.49. The zero-order valence-corrected chi connectivity index (χ0v) is 15.1. The summed E-state index contributed by atoms with van der Waals surface area (Å²) < 4.78 is 7.23. The molecule has 0 saturated heterocycles. The number of nitrogen functional groups attached to an aromatic ring is 1. The highest BCUT2D eigenvalue weighted by Gasteiger charge is 2.11. The Morgan fingerprint density at radius 2 is 1.92 bits per heavy atom. The third kappa shape index (κ3) is 4.51. The summed E-state index contributed by atoms with van der Waals surface area (Å²) in [5, 5.41) is 8.87. The van der Waals surface area contributed by atoms with Gasteiger partial charge in [-0.15, -0.1) is 10.2 Å². The minimum absolute atomic E-state index is 0.272. The Hall–Kier alpha value is -2.54. The molecule has 0 aliphatic carbocycles. The van der Waals surface area contributed by atoms with Gasteiger partial charge >= 0.3 is 0 Å². The topological polar surface area (TPSA) is 78.9 Å². The Morgan fingerprint density at radius 3 is 2.60 bits per heavy atom. The van der Waals surface area contributed by atoms with Crippen LogP contribution in [0.2, 0.25) is 0 Å². The van der Waals surface area contributed by atoms with Crippen molar-refractivity contribution in [1.82, 2.24) is 19.9 Å². The van der Waals surface area contributed by atoms with Crippen LogP contribution in [0, 0.1) is 0 Å². The number of aromatic nitrogens is 4. The van der Waals surface area contributed by atoms with E-state index in [1.807, 2.05) is 30.3 Å². The number of hydrogen-bond acceptors (Lipinski definition) is 6. The second-order valence-corrected chi connectivity index (χ2v) is 6.83. The highest BCUT2D eigenvalue weighted by atomic mass is 32.2. The molecule has 0 bridgehead atoms. The van der Waals surface area contributed by atoms with Gasteiger partial charge in [-0.3, -0.25) is 4.98 Å². The number of pyridine rings is 1. The van der Waals surface area contributed by atoms with Crippen LogP contribution >= 0.6 is 11.8 Å². The summed E-state index contributed by atoms with van der Waals surface area (Å²) in [6.07, 6.45) is 1.77. The molecule has 7 heteroatoms. The lowest BCUT2D eigenvalue weighted by atomic mass is 10.0. The molecule has 0 fully saturated rings. The molecule has 2 N–H and O–H groups in total. The highest BCUT2D eigenvalue weighted by Crippen LogP contribution is 2.21. The van der Waals surface area contributed by atoms with Crippen LogP contribution in [0.3, 0.4) is 0 Å². The van der Waals surface area contributed by atoms with E-state index in [9.17, 15) is 0 Å². The normalized spacial score (nSPS) is 11.0. The maximum atomic E-state index is 6.07. The summed E-state index contributed by atoms with van der Waals surface area (Å²) in [6, 6.07) is 13.9. The number of ether oxygens (including phenoxy) is 1. The van der Waals surface area contributed by atoms with E-state index in [4.69, 9.17) is 10.6 Å². The summed E-state index contributed by atoms with van der Waals surface area (Å²) in [6.45, 7) is 4.60. The van der Waals surface area contributed by atoms with Crippen molar-refractivity contribution in [3.05, 3.63) is 65.7 Å². The summed E-state index contributed by atoms with van der Waals surface area (Å²) in [4.78, 5) is 4.28. The number of hydrogen-bond donors (Lipinski definition) is 1. The molecule has 3 rings (SSSR count). The van der Waals surface area contributed by atoms with E-state index in [1.165, 1.54) is 22.0 Å². The molecule has 130 valence electrons. The van der Waals surface area contributed by atoms with E-state index < -0.39 is 0 Å². The van der Waals surface area contributed by atoms with Crippen molar-refractivity contribution in [1.29, 1.82) is 0 Å². The van der Waals surface area contributed by atoms with E-state index in [2.05, 4.69) is 41.2 Å². The van der Waals surface area contributed by atoms with Crippen LogP contribution < -0.4 is 10.6 Å². The van der Waals surface area contributed by atoms with Crippen LogP contribution in [0.5, 0.6) is 5.75 Å². The van der Waals surface area contributed by atoms with Crippen molar-refractivity contribution in [3.8, 4) is 5.75 Å². The van der Waals surface area contributed by atoms with Gasteiger partial charge in [0.25, 0.3) is 0 Å². The summed E-state index contributed by atoms with van der Waals surface area (Å²) in [5.74, 6) is 8.62. The molecule has 2 heterocycles. The third-order valence-corrected chi connectivity index (χ3v) is 4.70. The maximum absolute atomic E-state index is 6.07. The number of nitrogens with two attached hydrogens (primary N) is 1. The monoisotopic (exact) mass is 355 g/mol. The first-order valence-electron chi connectivity index (χ1n) is 8.08. The predicted molar refractivity (Wildman–Crippen MR) is 98.8 cm³/mol. The van der Waals surface area contributed by atoms with Gasteiger partial charge in [-0.25, -0.2) is 4.68 Å².